The molecule has 1 aromatic carbocycles. The zero-order valence-electron chi connectivity index (χ0n) is 9.24. The lowest BCUT2D eigenvalue weighted by molar-refractivity contribution is 0.703. The molecule has 80 valence electrons. The van der Waals surface area contributed by atoms with Crippen molar-refractivity contribution in [3.05, 3.63) is 36.0 Å². The van der Waals surface area contributed by atoms with Gasteiger partial charge in [0.1, 0.15) is 0 Å². The fourth-order valence-corrected chi connectivity index (χ4v) is 2.01. The molecule has 0 aliphatic carbocycles. The van der Waals surface area contributed by atoms with Crippen molar-refractivity contribution in [3.8, 4) is 0 Å². The molecule has 2 heteroatoms. The van der Waals surface area contributed by atoms with Crippen molar-refractivity contribution >= 4 is 10.9 Å². The highest BCUT2D eigenvalue weighted by Crippen LogP contribution is 2.18. The average molecular weight is 202 g/mol. The number of hydrogen-bond donors (Lipinski definition) is 1. The Kier molecular flexibility index (Phi) is 3.07. The Labute approximate surface area is 90.7 Å². The third-order valence-electron chi connectivity index (χ3n) is 2.73. The van der Waals surface area contributed by atoms with E-state index < -0.39 is 0 Å². The van der Waals surface area contributed by atoms with Crippen LogP contribution in [-0.2, 0) is 13.0 Å². The third kappa shape index (κ3) is 2.05. The van der Waals surface area contributed by atoms with Gasteiger partial charge in [0.05, 0.1) is 0 Å². The van der Waals surface area contributed by atoms with Gasteiger partial charge in [-0.15, -0.1) is 0 Å². The number of hydrogen-bond acceptors (Lipinski definition) is 1. The number of aryl methyl sites for hydroxylation is 1. The SMILES string of the molecule is CCCn1ccc2cc(CCN)ccc21. The van der Waals surface area contributed by atoms with Gasteiger partial charge in [-0.25, -0.2) is 0 Å². The first-order valence-corrected chi connectivity index (χ1v) is 5.63. The van der Waals surface area contributed by atoms with Gasteiger partial charge in [-0.2, -0.15) is 0 Å². The summed E-state index contributed by atoms with van der Waals surface area (Å²) in [6, 6.07) is 8.82. The largest absolute Gasteiger partial charge is 0.347 e. The van der Waals surface area contributed by atoms with Crippen LogP contribution in [0.5, 0.6) is 0 Å². The molecule has 15 heavy (non-hydrogen) atoms. The Morgan fingerprint density at radius 2 is 2.13 bits per heavy atom. The first-order valence-electron chi connectivity index (χ1n) is 5.63. The quantitative estimate of drug-likeness (QED) is 0.811. The summed E-state index contributed by atoms with van der Waals surface area (Å²) in [5.41, 5.74) is 8.22. The lowest BCUT2D eigenvalue weighted by Crippen LogP contribution is -2.02. The van der Waals surface area contributed by atoms with Crippen molar-refractivity contribution < 1.29 is 0 Å². The summed E-state index contributed by atoms with van der Waals surface area (Å²) in [5, 5.41) is 1.33. The second-order valence-electron chi connectivity index (χ2n) is 3.94. The fraction of sp³-hybridized carbons (Fsp3) is 0.385. The number of benzene rings is 1. The Hall–Kier alpha value is -1.28. The molecule has 2 nitrogen and oxygen atoms in total. The topological polar surface area (TPSA) is 30.9 Å². The lowest BCUT2D eigenvalue weighted by Gasteiger charge is -2.04. The van der Waals surface area contributed by atoms with Crippen LogP contribution in [0.2, 0.25) is 0 Å². The first kappa shape index (κ1) is 10.2. The van der Waals surface area contributed by atoms with E-state index in [0.717, 1.165) is 19.5 Å². The number of nitrogens with zero attached hydrogens (tertiary/aromatic N) is 1. The molecule has 0 radical (unpaired) electrons. The van der Waals surface area contributed by atoms with E-state index in [-0.39, 0.29) is 0 Å². The minimum atomic E-state index is 0.723. The number of fused-ring (bicyclic) bond motifs is 1. The van der Waals surface area contributed by atoms with E-state index in [0.29, 0.717) is 0 Å². The average Bonchev–Trinajstić information content (AvgIpc) is 2.62. The van der Waals surface area contributed by atoms with Crippen molar-refractivity contribution in [1.29, 1.82) is 0 Å². The van der Waals surface area contributed by atoms with E-state index in [4.69, 9.17) is 5.73 Å². The van der Waals surface area contributed by atoms with Crippen LogP contribution in [0, 0.1) is 0 Å². The normalized spacial score (nSPS) is 11.1. The highest BCUT2D eigenvalue weighted by atomic mass is 14.9. The van der Waals surface area contributed by atoms with Gasteiger partial charge in [0.2, 0.25) is 0 Å². The predicted molar refractivity (Wildman–Crippen MR) is 65.0 cm³/mol. The van der Waals surface area contributed by atoms with Gasteiger partial charge in [-0.1, -0.05) is 13.0 Å². The smallest absolute Gasteiger partial charge is 0.0480 e. The minimum absolute atomic E-state index is 0.723. The molecular formula is C13H18N2. The van der Waals surface area contributed by atoms with Gasteiger partial charge >= 0.3 is 0 Å². The molecule has 0 bridgehead atoms. The standard InChI is InChI=1S/C13H18N2/c1-2-8-15-9-6-12-10-11(5-7-14)3-4-13(12)15/h3-4,6,9-10H,2,5,7-8,14H2,1H3. The van der Waals surface area contributed by atoms with Crippen molar-refractivity contribution in [2.75, 3.05) is 6.54 Å². The van der Waals surface area contributed by atoms with Gasteiger partial charge in [0.25, 0.3) is 0 Å². The summed E-state index contributed by atoms with van der Waals surface area (Å²) in [7, 11) is 0. The minimum Gasteiger partial charge on any atom is -0.347 e. The highest BCUT2D eigenvalue weighted by molar-refractivity contribution is 5.80. The van der Waals surface area contributed by atoms with Crippen LogP contribution in [0.15, 0.2) is 30.5 Å². The second kappa shape index (κ2) is 4.49. The van der Waals surface area contributed by atoms with Crippen molar-refractivity contribution in [1.82, 2.24) is 4.57 Å². The Morgan fingerprint density at radius 1 is 1.27 bits per heavy atom. The molecule has 1 heterocycles. The van der Waals surface area contributed by atoms with Crippen LogP contribution in [-0.4, -0.2) is 11.1 Å². The lowest BCUT2D eigenvalue weighted by atomic mass is 10.1. The molecule has 0 saturated heterocycles. The Balaban J connectivity index is 2.38. The summed E-state index contributed by atoms with van der Waals surface area (Å²) >= 11 is 0. The third-order valence-corrected chi connectivity index (χ3v) is 2.73. The zero-order chi connectivity index (χ0) is 10.7. The molecule has 1 aromatic heterocycles. The van der Waals surface area contributed by atoms with Gasteiger partial charge in [0, 0.05) is 18.3 Å². The highest BCUT2D eigenvalue weighted by Gasteiger charge is 2.00. The van der Waals surface area contributed by atoms with E-state index >= 15 is 0 Å². The molecule has 2 rings (SSSR count). The van der Waals surface area contributed by atoms with E-state index in [1.165, 1.54) is 22.9 Å². The predicted octanol–water partition coefficient (Wildman–Crippen LogP) is 2.55. The zero-order valence-corrected chi connectivity index (χ0v) is 9.24. The van der Waals surface area contributed by atoms with Crippen molar-refractivity contribution in [3.63, 3.8) is 0 Å². The van der Waals surface area contributed by atoms with E-state index in [9.17, 15) is 0 Å². The molecule has 2 N–H and O–H groups in total. The Morgan fingerprint density at radius 3 is 2.87 bits per heavy atom. The molecule has 0 unspecified atom stereocenters. The van der Waals surface area contributed by atoms with Crippen LogP contribution in [0.25, 0.3) is 10.9 Å². The molecule has 2 aromatic rings. The summed E-state index contributed by atoms with van der Waals surface area (Å²) in [6.07, 6.45) is 4.31. The van der Waals surface area contributed by atoms with Crippen LogP contribution < -0.4 is 5.73 Å². The van der Waals surface area contributed by atoms with Gasteiger partial charge in [0.15, 0.2) is 0 Å². The molecule has 0 aliphatic rings. The van der Waals surface area contributed by atoms with Crippen LogP contribution >= 0.6 is 0 Å². The first-order chi connectivity index (χ1) is 7.35. The molecule has 0 fully saturated rings. The fourth-order valence-electron chi connectivity index (χ4n) is 2.01. The van der Waals surface area contributed by atoms with E-state index in [1.54, 1.807) is 0 Å². The molecule has 0 saturated carbocycles. The molecule has 0 amide bonds. The van der Waals surface area contributed by atoms with Gasteiger partial charge in [-0.05, 0) is 48.5 Å². The van der Waals surface area contributed by atoms with Gasteiger partial charge in [-0.3, -0.25) is 0 Å². The van der Waals surface area contributed by atoms with Crippen molar-refractivity contribution in [2.45, 2.75) is 26.3 Å². The Bertz CT molecular complexity index is 443. The molecule has 0 atom stereocenters. The molecule has 0 aliphatic heterocycles. The second-order valence-corrected chi connectivity index (χ2v) is 3.94. The van der Waals surface area contributed by atoms with E-state index in [1.807, 2.05) is 0 Å². The molecule has 0 spiro atoms. The maximum Gasteiger partial charge on any atom is 0.0480 e. The summed E-state index contributed by atoms with van der Waals surface area (Å²) in [4.78, 5) is 0. The maximum absolute atomic E-state index is 5.55. The maximum atomic E-state index is 5.55. The van der Waals surface area contributed by atoms with Gasteiger partial charge < -0.3 is 10.3 Å². The number of aromatic nitrogens is 1. The van der Waals surface area contributed by atoms with Crippen LogP contribution in [0.3, 0.4) is 0 Å². The molecular weight excluding hydrogens is 184 g/mol. The van der Waals surface area contributed by atoms with Crippen LogP contribution in [0.1, 0.15) is 18.9 Å². The monoisotopic (exact) mass is 202 g/mol. The van der Waals surface area contributed by atoms with E-state index in [2.05, 4.69) is 42.0 Å². The summed E-state index contributed by atoms with van der Waals surface area (Å²) < 4.78 is 2.31. The van der Waals surface area contributed by atoms with Crippen molar-refractivity contribution in [2.24, 2.45) is 5.73 Å². The summed E-state index contributed by atoms with van der Waals surface area (Å²) in [5.74, 6) is 0. The number of nitrogens with two attached hydrogens (primary N) is 1. The summed E-state index contributed by atoms with van der Waals surface area (Å²) in [6.45, 7) is 4.02. The van der Waals surface area contributed by atoms with Crippen LogP contribution in [0.4, 0.5) is 0 Å². The number of rotatable bonds is 4.